The maximum atomic E-state index is 14.3. The molecule has 3 rings (SSSR count). The molecule has 0 spiro atoms. The smallest absolute Gasteiger partial charge is 0.243 e. The van der Waals surface area contributed by atoms with Crippen LogP contribution in [0.15, 0.2) is 82.2 Å². The molecule has 0 heterocycles. The Bertz CT molecular complexity index is 1190. The standard InChI is InChI=1S/C23H21BrClFN2O3S/c1-16(17-6-8-19(24)9-7-17)27-23(29)15-28(14-18-4-2-3-5-22(18)26)32(30,31)21-12-10-20(25)11-13-21/h2-13,16H,14-15H2,1H3,(H,27,29). The number of nitrogens with one attached hydrogen (secondary N) is 1. The van der Waals surface area contributed by atoms with E-state index in [-0.39, 0.29) is 23.0 Å². The third-order valence-electron chi connectivity index (χ3n) is 4.82. The van der Waals surface area contributed by atoms with Crippen molar-refractivity contribution < 1.29 is 17.6 Å². The lowest BCUT2D eigenvalue weighted by Crippen LogP contribution is -2.41. The van der Waals surface area contributed by atoms with Gasteiger partial charge in [0.1, 0.15) is 5.82 Å². The first-order valence-corrected chi connectivity index (χ1v) is 12.3. The van der Waals surface area contributed by atoms with Gasteiger partial charge in [-0.2, -0.15) is 4.31 Å². The summed E-state index contributed by atoms with van der Waals surface area (Å²) >= 11 is 9.24. The zero-order chi connectivity index (χ0) is 23.3. The van der Waals surface area contributed by atoms with E-state index >= 15 is 0 Å². The van der Waals surface area contributed by atoms with Crippen LogP contribution in [0.2, 0.25) is 5.02 Å². The first-order chi connectivity index (χ1) is 15.2. The second-order valence-electron chi connectivity index (χ2n) is 7.16. The van der Waals surface area contributed by atoms with Crippen LogP contribution in [0.4, 0.5) is 4.39 Å². The van der Waals surface area contributed by atoms with Crippen LogP contribution in [0, 0.1) is 5.82 Å². The number of nitrogens with zero attached hydrogens (tertiary/aromatic N) is 1. The van der Waals surface area contributed by atoms with Gasteiger partial charge in [0.05, 0.1) is 17.5 Å². The van der Waals surface area contributed by atoms with Crippen molar-refractivity contribution in [3.05, 3.63) is 99.2 Å². The van der Waals surface area contributed by atoms with Gasteiger partial charge in [-0.25, -0.2) is 12.8 Å². The molecule has 5 nitrogen and oxygen atoms in total. The Morgan fingerprint density at radius 2 is 1.69 bits per heavy atom. The molecular formula is C23H21BrClFN2O3S. The van der Waals surface area contributed by atoms with Gasteiger partial charge in [-0.05, 0) is 55.0 Å². The lowest BCUT2D eigenvalue weighted by molar-refractivity contribution is -0.122. The van der Waals surface area contributed by atoms with Crippen LogP contribution in [0.5, 0.6) is 0 Å². The Hall–Kier alpha value is -2.26. The highest BCUT2D eigenvalue weighted by molar-refractivity contribution is 9.10. The fraction of sp³-hybridized carbons (Fsp3) is 0.174. The molecule has 0 aromatic heterocycles. The molecule has 0 aliphatic carbocycles. The normalized spacial score (nSPS) is 12.5. The minimum atomic E-state index is -4.09. The molecule has 1 unspecified atom stereocenters. The second kappa shape index (κ2) is 10.6. The Balaban J connectivity index is 1.84. The van der Waals surface area contributed by atoms with Gasteiger partial charge in [0.15, 0.2) is 0 Å². The van der Waals surface area contributed by atoms with E-state index < -0.39 is 28.3 Å². The highest BCUT2D eigenvalue weighted by atomic mass is 79.9. The number of hydrogen-bond acceptors (Lipinski definition) is 3. The SMILES string of the molecule is CC(NC(=O)CN(Cc1ccccc1F)S(=O)(=O)c1ccc(Cl)cc1)c1ccc(Br)cc1. The van der Waals surface area contributed by atoms with E-state index in [1.54, 1.807) is 13.0 Å². The summed E-state index contributed by atoms with van der Waals surface area (Å²) in [4.78, 5) is 12.7. The minimum absolute atomic E-state index is 0.0352. The number of amides is 1. The van der Waals surface area contributed by atoms with Crippen molar-refractivity contribution in [2.24, 2.45) is 0 Å². The second-order valence-corrected chi connectivity index (χ2v) is 10.4. The van der Waals surface area contributed by atoms with Crippen molar-refractivity contribution in [1.82, 2.24) is 9.62 Å². The number of sulfonamides is 1. The van der Waals surface area contributed by atoms with Gasteiger partial charge in [0, 0.05) is 21.6 Å². The molecule has 32 heavy (non-hydrogen) atoms. The van der Waals surface area contributed by atoms with Crippen molar-refractivity contribution in [2.75, 3.05) is 6.54 Å². The predicted molar refractivity (Wildman–Crippen MR) is 126 cm³/mol. The lowest BCUT2D eigenvalue weighted by Gasteiger charge is -2.23. The first-order valence-electron chi connectivity index (χ1n) is 9.71. The Morgan fingerprint density at radius 3 is 2.31 bits per heavy atom. The zero-order valence-corrected chi connectivity index (χ0v) is 20.3. The quantitative estimate of drug-likeness (QED) is 0.422. The predicted octanol–water partition coefficient (Wildman–Crippen LogP) is 5.31. The average Bonchev–Trinajstić information content (AvgIpc) is 2.75. The number of rotatable bonds is 8. The summed E-state index contributed by atoms with van der Waals surface area (Å²) in [5.41, 5.74) is 1.03. The summed E-state index contributed by atoms with van der Waals surface area (Å²) < 4.78 is 42.6. The first kappa shape index (κ1) is 24.4. The number of halogens is 3. The largest absolute Gasteiger partial charge is 0.348 e. The summed E-state index contributed by atoms with van der Waals surface area (Å²) in [5, 5.41) is 3.18. The molecule has 0 aliphatic heterocycles. The molecule has 0 saturated carbocycles. The Labute approximate surface area is 200 Å². The van der Waals surface area contributed by atoms with Crippen LogP contribution in [-0.2, 0) is 21.4 Å². The third-order valence-corrected chi connectivity index (χ3v) is 7.41. The number of carbonyl (C=O) groups excluding carboxylic acids is 1. The van der Waals surface area contributed by atoms with E-state index in [0.29, 0.717) is 5.02 Å². The summed E-state index contributed by atoms with van der Waals surface area (Å²) in [6.07, 6.45) is 0. The maximum absolute atomic E-state index is 14.3. The van der Waals surface area contributed by atoms with E-state index in [4.69, 9.17) is 11.6 Å². The zero-order valence-electron chi connectivity index (χ0n) is 17.1. The Kier molecular flexibility index (Phi) is 8.05. The monoisotopic (exact) mass is 538 g/mol. The van der Waals surface area contributed by atoms with Crippen molar-refractivity contribution in [1.29, 1.82) is 0 Å². The maximum Gasteiger partial charge on any atom is 0.243 e. The molecule has 3 aromatic rings. The summed E-state index contributed by atoms with van der Waals surface area (Å²) in [6.45, 7) is 1.04. The van der Waals surface area contributed by atoms with Gasteiger partial charge in [0.2, 0.25) is 15.9 Å². The number of carbonyl (C=O) groups is 1. The fourth-order valence-corrected chi connectivity index (χ4v) is 4.84. The molecule has 0 saturated heterocycles. The highest BCUT2D eigenvalue weighted by Crippen LogP contribution is 2.22. The molecule has 0 fully saturated rings. The molecule has 3 aromatic carbocycles. The molecule has 9 heteroatoms. The van der Waals surface area contributed by atoms with Gasteiger partial charge in [-0.1, -0.05) is 57.9 Å². The van der Waals surface area contributed by atoms with Crippen LogP contribution < -0.4 is 5.32 Å². The average molecular weight is 540 g/mol. The number of benzene rings is 3. The van der Waals surface area contributed by atoms with Gasteiger partial charge in [0.25, 0.3) is 0 Å². The molecule has 1 atom stereocenters. The molecule has 168 valence electrons. The van der Waals surface area contributed by atoms with Crippen molar-refractivity contribution in [3.8, 4) is 0 Å². The topological polar surface area (TPSA) is 66.5 Å². The van der Waals surface area contributed by atoms with Crippen LogP contribution >= 0.6 is 27.5 Å². The van der Waals surface area contributed by atoms with Gasteiger partial charge < -0.3 is 5.32 Å². The van der Waals surface area contributed by atoms with E-state index in [2.05, 4.69) is 21.2 Å². The van der Waals surface area contributed by atoms with Gasteiger partial charge in [-0.3, -0.25) is 4.79 Å². The van der Waals surface area contributed by atoms with Gasteiger partial charge in [-0.15, -0.1) is 0 Å². The van der Waals surface area contributed by atoms with Crippen molar-refractivity contribution in [3.63, 3.8) is 0 Å². The summed E-state index contributed by atoms with van der Waals surface area (Å²) in [7, 11) is -4.09. The van der Waals surface area contributed by atoms with E-state index in [0.717, 1.165) is 14.3 Å². The summed E-state index contributed by atoms with van der Waals surface area (Å²) in [6, 6.07) is 18.6. The molecule has 0 radical (unpaired) electrons. The van der Waals surface area contributed by atoms with Crippen LogP contribution in [0.25, 0.3) is 0 Å². The number of hydrogen-bond donors (Lipinski definition) is 1. The fourth-order valence-electron chi connectivity index (χ4n) is 3.08. The van der Waals surface area contributed by atoms with Crippen LogP contribution in [-0.4, -0.2) is 25.2 Å². The molecule has 0 bridgehead atoms. The van der Waals surface area contributed by atoms with Crippen LogP contribution in [0.1, 0.15) is 24.1 Å². The minimum Gasteiger partial charge on any atom is -0.348 e. The molecule has 1 amide bonds. The van der Waals surface area contributed by atoms with Crippen molar-refractivity contribution >= 4 is 43.5 Å². The Morgan fingerprint density at radius 1 is 1.06 bits per heavy atom. The summed E-state index contributed by atoms with van der Waals surface area (Å²) in [5.74, 6) is -1.05. The van der Waals surface area contributed by atoms with E-state index in [9.17, 15) is 17.6 Å². The van der Waals surface area contributed by atoms with Gasteiger partial charge >= 0.3 is 0 Å². The van der Waals surface area contributed by atoms with E-state index in [1.807, 2.05) is 24.3 Å². The van der Waals surface area contributed by atoms with Crippen molar-refractivity contribution in [2.45, 2.75) is 24.4 Å². The lowest BCUT2D eigenvalue weighted by atomic mass is 10.1. The van der Waals surface area contributed by atoms with E-state index in [1.165, 1.54) is 42.5 Å². The molecular weight excluding hydrogens is 519 g/mol. The highest BCUT2D eigenvalue weighted by Gasteiger charge is 2.28. The third kappa shape index (κ3) is 6.16. The molecule has 0 aliphatic rings. The molecule has 1 N–H and O–H groups in total. The van der Waals surface area contributed by atoms with Crippen LogP contribution in [0.3, 0.4) is 0 Å².